The first-order chi connectivity index (χ1) is 29.7. The zero-order valence-electron chi connectivity index (χ0n) is 31.8. The SMILES string of the molecule is N#Cc1nc2c3ccc(N4c5ccccc5C5C=CC=CC54)nc3c3nc(-n4c5ccccc5c5ccccc54)ccc3c2nc1N1c2ccccc2Oc2ccccc21. The standard InChI is InChI=1S/C51H30N8O/c52-29-36-51(59-41-21-9-11-23-43(41)60-44-24-12-10-22-42(44)59)56-50-35-26-28-46(58-39-19-7-3-15-32(39)33-16-4-8-20-40(33)58)55-49(35)48-34(47(50)53-36)25-27-45(54-48)57-37-17-5-1-13-30(37)31-14-2-6-18-38(31)57/h1-28,30,37H. The van der Waals surface area contributed by atoms with Gasteiger partial charge >= 0.3 is 0 Å². The summed E-state index contributed by atoms with van der Waals surface area (Å²) in [5, 5.41) is 14.7. The fraction of sp³-hybridized carbons (Fsp3) is 0.0392. The van der Waals surface area contributed by atoms with E-state index in [0.717, 1.165) is 61.3 Å². The highest BCUT2D eigenvalue weighted by Crippen LogP contribution is 2.51. The molecule has 0 radical (unpaired) electrons. The van der Waals surface area contributed by atoms with Crippen LogP contribution in [0.1, 0.15) is 17.2 Å². The van der Waals surface area contributed by atoms with Crippen LogP contribution in [-0.2, 0) is 0 Å². The second kappa shape index (κ2) is 12.3. The summed E-state index contributed by atoms with van der Waals surface area (Å²) >= 11 is 0. The Balaban J connectivity index is 1.12. The van der Waals surface area contributed by atoms with Crippen LogP contribution in [0.2, 0.25) is 0 Å². The molecule has 6 aromatic carbocycles. The molecular weight excluding hydrogens is 741 g/mol. The van der Waals surface area contributed by atoms with Crippen molar-refractivity contribution in [2.75, 3.05) is 9.80 Å². The lowest BCUT2D eigenvalue weighted by Gasteiger charge is -2.32. The minimum absolute atomic E-state index is 0.0667. The number of hydrogen-bond acceptors (Lipinski definition) is 8. The lowest BCUT2D eigenvalue weighted by molar-refractivity contribution is 0.476. The summed E-state index contributed by atoms with van der Waals surface area (Å²) in [4.78, 5) is 25.9. The summed E-state index contributed by atoms with van der Waals surface area (Å²) in [7, 11) is 0. The van der Waals surface area contributed by atoms with Crippen LogP contribution in [0.5, 0.6) is 11.5 Å². The Bertz CT molecular complexity index is 3500. The largest absolute Gasteiger partial charge is 0.453 e. The molecule has 4 aromatic heterocycles. The molecule has 9 heteroatoms. The number of benzene rings is 6. The Labute approximate surface area is 343 Å². The quantitative estimate of drug-likeness (QED) is 0.164. The Morgan fingerprint density at radius 3 is 1.75 bits per heavy atom. The molecule has 2 atom stereocenters. The average molecular weight is 771 g/mol. The van der Waals surface area contributed by atoms with E-state index in [4.69, 9.17) is 24.7 Å². The van der Waals surface area contributed by atoms with Gasteiger partial charge in [0.25, 0.3) is 0 Å². The third kappa shape index (κ3) is 4.50. The highest BCUT2D eigenvalue weighted by atomic mass is 16.5. The van der Waals surface area contributed by atoms with Gasteiger partial charge in [-0.25, -0.2) is 19.9 Å². The van der Waals surface area contributed by atoms with Crippen molar-refractivity contribution in [1.29, 1.82) is 5.26 Å². The predicted octanol–water partition coefficient (Wildman–Crippen LogP) is 12.0. The molecule has 0 spiro atoms. The van der Waals surface area contributed by atoms with Gasteiger partial charge in [-0.2, -0.15) is 5.26 Å². The van der Waals surface area contributed by atoms with Crippen molar-refractivity contribution >= 4 is 83.3 Å². The topological polar surface area (TPSA) is 96.0 Å². The number of aromatic nitrogens is 5. The second-order valence-electron chi connectivity index (χ2n) is 15.3. The first-order valence-electron chi connectivity index (χ1n) is 20.0. The molecule has 0 N–H and O–H groups in total. The van der Waals surface area contributed by atoms with Gasteiger partial charge in [-0.15, -0.1) is 0 Å². The van der Waals surface area contributed by atoms with Crippen molar-refractivity contribution in [2.24, 2.45) is 0 Å². The molecule has 280 valence electrons. The maximum Gasteiger partial charge on any atom is 0.184 e. The molecular formula is C51H30N8O. The zero-order chi connectivity index (χ0) is 39.5. The Hall–Kier alpha value is -8.35. The van der Waals surface area contributed by atoms with Crippen molar-refractivity contribution in [3.8, 4) is 23.4 Å². The van der Waals surface area contributed by atoms with Gasteiger partial charge in [0.2, 0.25) is 0 Å². The number of allylic oxidation sites excluding steroid dienone is 2. The van der Waals surface area contributed by atoms with E-state index in [2.05, 4.69) is 137 Å². The average Bonchev–Trinajstić information content (AvgIpc) is 3.83. The normalized spacial score (nSPS) is 16.2. The number of pyridine rings is 2. The minimum atomic E-state index is 0.0667. The second-order valence-corrected chi connectivity index (χ2v) is 15.3. The van der Waals surface area contributed by atoms with Gasteiger partial charge < -0.3 is 9.64 Å². The van der Waals surface area contributed by atoms with E-state index in [-0.39, 0.29) is 17.7 Å². The Morgan fingerprint density at radius 1 is 0.500 bits per heavy atom. The number of fused-ring (bicyclic) bond motifs is 14. The van der Waals surface area contributed by atoms with Crippen LogP contribution in [0.15, 0.2) is 170 Å². The molecule has 13 rings (SSSR count). The van der Waals surface area contributed by atoms with Crippen LogP contribution in [0.4, 0.5) is 28.7 Å². The number of ether oxygens (including phenoxy) is 1. The number of hydrogen-bond donors (Lipinski definition) is 0. The van der Waals surface area contributed by atoms with Crippen LogP contribution >= 0.6 is 0 Å². The summed E-state index contributed by atoms with van der Waals surface area (Å²) in [6.45, 7) is 0. The number of para-hydroxylation sites is 7. The highest BCUT2D eigenvalue weighted by Gasteiger charge is 2.38. The number of rotatable bonds is 3. The first-order valence-corrected chi connectivity index (χ1v) is 20.0. The molecule has 3 aliphatic rings. The van der Waals surface area contributed by atoms with Gasteiger partial charge in [0.15, 0.2) is 23.0 Å². The molecule has 1 aliphatic carbocycles. The summed E-state index contributed by atoms with van der Waals surface area (Å²) < 4.78 is 8.55. The van der Waals surface area contributed by atoms with Crippen LogP contribution < -0.4 is 14.5 Å². The van der Waals surface area contributed by atoms with Gasteiger partial charge in [-0.1, -0.05) is 103 Å². The van der Waals surface area contributed by atoms with E-state index in [1.54, 1.807) is 0 Å². The molecule has 0 saturated carbocycles. The van der Waals surface area contributed by atoms with Crippen molar-refractivity contribution < 1.29 is 4.74 Å². The number of nitriles is 1. The number of nitrogens with zero attached hydrogens (tertiary/aromatic N) is 8. The summed E-state index contributed by atoms with van der Waals surface area (Å²) in [6.07, 6.45) is 8.77. The molecule has 0 amide bonds. The van der Waals surface area contributed by atoms with E-state index in [1.807, 2.05) is 53.4 Å². The lowest BCUT2D eigenvalue weighted by atomic mass is 9.91. The smallest absolute Gasteiger partial charge is 0.184 e. The van der Waals surface area contributed by atoms with Gasteiger partial charge in [0.1, 0.15) is 39.8 Å². The molecule has 0 fully saturated rings. The minimum Gasteiger partial charge on any atom is -0.453 e. The van der Waals surface area contributed by atoms with Gasteiger partial charge in [0, 0.05) is 33.2 Å². The molecule has 2 aliphatic heterocycles. The third-order valence-electron chi connectivity index (χ3n) is 12.1. The zero-order valence-corrected chi connectivity index (χ0v) is 31.8. The summed E-state index contributed by atoms with van der Waals surface area (Å²) in [6, 6.07) is 51.8. The van der Waals surface area contributed by atoms with E-state index in [1.165, 1.54) is 5.56 Å². The van der Waals surface area contributed by atoms with E-state index < -0.39 is 0 Å². The monoisotopic (exact) mass is 770 g/mol. The molecule has 2 unspecified atom stereocenters. The maximum atomic E-state index is 10.8. The predicted molar refractivity (Wildman–Crippen MR) is 237 cm³/mol. The Morgan fingerprint density at radius 2 is 1.05 bits per heavy atom. The molecule has 60 heavy (non-hydrogen) atoms. The molecule has 10 aromatic rings. The third-order valence-corrected chi connectivity index (χ3v) is 12.1. The van der Waals surface area contributed by atoms with Gasteiger partial charge in [0.05, 0.1) is 28.5 Å². The summed E-state index contributed by atoms with van der Waals surface area (Å²) in [5.41, 5.74) is 8.80. The van der Waals surface area contributed by atoms with Crippen LogP contribution in [0, 0.1) is 11.3 Å². The van der Waals surface area contributed by atoms with Crippen molar-refractivity contribution in [3.63, 3.8) is 0 Å². The van der Waals surface area contributed by atoms with Crippen LogP contribution in [0.3, 0.4) is 0 Å². The molecule has 9 nitrogen and oxygen atoms in total. The van der Waals surface area contributed by atoms with E-state index >= 15 is 0 Å². The lowest BCUT2D eigenvalue weighted by Crippen LogP contribution is -2.29. The van der Waals surface area contributed by atoms with Crippen molar-refractivity contribution in [3.05, 3.63) is 181 Å². The molecule has 6 heterocycles. The van der Waals surface area contributed by atoms with Crippen LogP contribution in [-0.4, -0.2) is 30.5 Å². The fourth-order valence-corrected chi connectivity index (χ4v) is 9.59. The van der Waals surface area contributed by atoms with Crippen molar-refractivity contribution in [1.82, 2.24) is 24.5 Å². The first kappa shape index (κ1) is 32.7. The van der Waals surface area contributed by atoms with Crippen molar-refractivity contribution in [2.45, 2.75) is 12.0 Å². The van der Waals surface area contributed by atoms with Gasteiger partial charge in [-0.05, 0) is 72.3 Å². The highest BCUT2D eigenvalue weighted by molar-refractivity contribution is 6.21. The van der Waals surface area contributed by atoms with Gasteiger partial charge in [-0.3, -0.25) is 9.47 Å². The van der Waals surface area contributed by atoms with E-state index in [9.17, 15) is 5.26 Å². The van der Waals surface area contributed by atoms with Crippen LogP contribution in [0.25, 0.3) is 60.5 Å². The fourth-order valence-electron chi connectivity index (χ4n) is 9.59. The molecule has 0 bridgehead atoms. The van der Waals surface area contributed by atoms with E-state index in [0.29, 0.717) is 39.4 Å². The molecule has 0 saturated heterocycles. The maximum absolute atomic E-state index is 10.8. The number of anilines is 5. The summed E-state index contributed by atoms with van der Waals surface area (Å²) in [5.74, 6) is 3.50. The Kier molecular flexibility index (Phi) is 6.72.